The third-order valence-corrected chi connectivity index (χ3v) is 3.19. The molecule has 2 rings (SSSR count). The summed E-state index contributed by atoms with van der Waals surface area (Å²) in [6, 6.07) is 7.76. The van der Waals surface area contributed by atoms with Crippen molar-refractivity contribution < 1.29 is 5.11 Å². The van der Waals surface area contributed by atoms with Gasteiger partial charge in [-0.15, -0.1) is 0 Å². The molecule has 3 nitrogen and oxygen atoms in total. The third-order valence-electron chi connectivity index (χ3n) is 2.94. The fourth-order valence-corrected chi connectivity index (χ4v) is 2.13. The molecule has 2 aromatic rings. The van der Waals surface area contributed by atoms with E-state index in [2.05, 4.69) is 12.0 Å². The molecule has 0 radical (unpaired) electrons. The Kier molecular flexibility index (Phi) is 4.39. The fraction of sp³-hybridized carbons (Fsp3) is 0.357. The van der Waals surface area contributed by atoms with Crippen molar-refractivity contribution in [2.75, 3.05) is 0 Å². The van der Waals surface area contributed by atoms with Crippen LogP contribution in [-0.4, -0.2) is 14.9 Å². The molecule has 0 fully saturated rings. The highest BCUT2D eigenvalue weighted by Crippen LogP contribution is 2.15. The summed E-state index contributed by atoms with van der Waals surface area (Å²) >= 11 is 5.87. The quantitative estimate of drug-likeness (QED) is 0.901. The van der Waals surface area contributed by atoms with E-state index >= 15 is 0 Å². The second kappa shape index (κ2) is 6.03. The third kappa shape index (κ3) is 2.92. The largest absolute Gasteiger partial charge is 0.392 e. The van der Waals surface area contributed by atoms with E-state index in [4.69, 9.17) is 11.6 Å². The number of rotatable bonds is 5. The van der Waals surface area contributed by atoms with Gasteiger partial charge in [-0.1, -0.05) is 37.1 Å². The zero-order valence-corrected chi connectivity index (χ0v) is 11.2. The molecule has 18 heavy (non-hydrogen) atoms. The van der Waals surface area contributed by atoms with Gasteiger partial charge in [-0.3, -0.25) is 4.68 Å². The SMILES string of the molecule is CCCc1c(CO)cnn1Cc1ccc(Cl)cc1. The van der Waals surface area contributed by atoms with Crippen LogP contribution < -0.4 is 0 Å². The number of nitrogens with zero attached hydrogens (tertiary/aromatic N) is 2. The zero-order valence-electron chi connectivity index (χ0n) is 10.4. The summed E-state index contributed by atoms with van der Waals surface area (Å²) in [4.78, 5) is 0. The van der Waals surface area contributed by atoms with E-state index in [-0.39, 0.29) is 6.61 Å². The Hall–Kier alpha value is -1.32. The summed E-state index contributed by atoms with van der Waals surface area (Å²) in [6.45, 7) is 2.89. The van der Waals surface area contributed by atoms with Crippen LogP contribution in [0.1, 0.15) is 30.2 Å². The summed E-state index contributed by atoms with van der Waals surface area (Å²) in [6.07, 6.45) is 3.73. The molecular weight excluding hydrogens is 248 g/mol. The zero-order chi connectivity index (χ0) is 13.0. The molecule has 1 aromatic heterocycles. The van der Waals surface area contributed by atoms with Gasteiger partial charge in [0.05, 0.1) is 19.3 Å². The molecule has 0 aliphatic heterocycles. The monoisotopic (exact) mass is 264 g/mol. The molecule has 0 atom stereocenters. The summed E-state index contributed by atoms with van der Waals surface area (Å²) < 4.78 is 1.96. The van der Waals surface area contributed by atoms with E-state index in [1.165, 1.54) is 0 Å². The maximum Gasteiger partial charge on any atom is 0.0715 e. The fourth-order valence-electron chi connectivity index (χ4n) is 2.01. The Morgan fingerprint density at radius 1 is 1.28 bits per heavy atom. The normalized spacial score (nSPS) is 10.8. The molecule has 0 aliphatic rings. The maximum atomic E-state index is 9.29. The van der Waals surface area contributed by atoms with Crippen LogP contribution in [0, 0.1) is 0 Å². The summed E-state index contributed by atoms with van der Waals surface area (Å²) in [5.41, 5.74) is 3.20. The molecule has 0 aliphatic carbocycles. The van der Waals surface area contributed by atoms with E-state index in [0.717, 1.165) is 34.7 Å². The first kappa shape index (κ1) is 13.1. The van der Waals surface area contributed by atoms with Crippen LogP contribution in [0.3, 0.4) is 0 Å². The lowest BCUT2D eigenvalue weighted by molar-refractivity contribution is 0.280. The molecule has 0 saturated heterocycles. The van der Waals surface area contributed by atoms with Crippen LogP contribution in [0.25, 0.3) is 0 Å². The van der Waals surface area contributed by atoms with Gasteiger partial charge in [0.2, 0.25) is 0 Å². The Morgan fingerprint density at radius 3 is 2.61 bits per heavy atom. The lowest BCUT2D eigenvalue weighted by atomic mass is 10.1. The average Bonchev–Trinajstić information content (AvgIpc) is 2.75. The van der Waals surface area contributed by atoms with Crippen molar-refractivity contribution in [1.29, 1.82) is 0 Å². The van der Waals surface area contributed by atoms with Crippen LogP contribution in [0.4, 0.5) is 0 Å². The van der Waals surface area contributed by atoms with Gasteiger partial charge in [-0.05, 0) is 24.1 Å². The van der Waals surface area contributed by atoms with Gasteiger partial charge < -0.3 is 5.11 Å². The molecular formula is C14H17ClN2O. The van der Waals surface area contributed by atoms with Crippen molar-refractivity contribution >= 4 is 11.6 Å². The van der Waals surface area contributed by atoms with Crippen molar-refractivity contribution in [2.24, 2.45) is 0 Å². The van der Waals surface area contributed by atoms with Gasteiger partial charge in [0.1, 0.15) is 0 Å². The van der Waals surface area contributed by atoms with Crippen LogP contribution in [0.5, 0.6) is 0 Å². The van der Waals surface area contributed by atoms with Crippen molar-refractivity contribution in [2.45, 2.75) is 32.9 Å². The van der Waals surface area contributed by atoms with Gasteiger partial charge in [0.25, 0.3) is 0 Å². The highest BCUT2D eigenvalue weighted by atomic mass is 35.5. The number of aliphatic hydroxyl groups excluding tert-OH is 1. The minimum absolute atomic E-state index is 0.0515. The van der Waals surface area contributed by atoms with Crippen molar-refractivity contribution in [3.8, 4) is 0 Å². The number of aliphatic hydroxyl groups is 1. The molecule has 4 heteroatoms. The predicted octanol–water partition coefficient (Wildman–Crippen LogP) is 3.03. The van der Waals surface area contributed by atoms with E-state index in [0.29, 0.717) is 6.54 Å². The van der Waals surface area contributed by atoms with E-state index in [9.17, 15) is 5.11 Å². The topological polar surface area (TPSA) is 38.1 Å². The van der Waals surface area contributed by atoms with Crippen LogP contribution in [-0.2, 0) is 19.6 Å². The van der Waals surface area contributed by atoms with Gasteiger partial charge >= 0.3 is 0 Å². The predicted molar refractivity (Wildman–Crippen MR) is 72.7 cm³/mol. The number of aromatic nitrogens is 2. The molecule has 0 saturated carbocycles. The Balaban J connectivity index is 2.22. The molecule has 1 heterocycles. The second-order valence-electron chi connectivity index (χ2n) is 4.31. The first-order valence-electron chi connectivity index (χ1n) is 6.13. The Morgan fingerprint density at radius 2 is 2.00 bits per heavy atom. The van der Waals surface area contributed by atoms with E-state index in [1.807, 2.05) is 28.9 Å². The number of hydrogen-bond donors (Lipinski definition) is 1. The molecule has 1 N–H and O–H groups in total. The molecule has 0 unspecified atom stereocenters. The Labute approximate surface area is 112 Å². The minimum atomic E-state index is 0.0515. The first-order valence-corrected chi connectivity index (χ1v) is 6.51. The van der Waals surface area contributed by atoms with Gasteiger partial charge in [-0.2, -0.15) is 5.10 Å². The minimum Gasteiger partial charge on any atom is -0.392 e. The van der Waals surface area contributed by atoms with E-state index in [1.54, 1.807) is 6.20 Å². The first-order chi connectivity index (χ1) is 8.74. The van der Waals surface area contributed by atoms with Crippen molar-refractivity contribution in [3.05, 3.63) is 52.3 Å². The number of hydrogen-bond acceptors (Lipinski definition) is 2. The second-order valence-corrected chi connectivity index (χ2v) is 4.75. The van der Waals surface area contributed by atoms with Crippen LogP contribution in [0.2, 0.25) is 5.02 Å². The smallest absolute Gasteiger partial charge is 0.0715 e. The van der Waals surface area contributed by atoms with Crippen molar-refractivity contribution in [3.63, 3.8) is 0 Å². The standard InChI is InChI=1S/C14H17ClN2O/c1-2-3-14-12(10-18)8-16-17(14)9-11-4-6-13(15)7-5-11/h4-8,18H,2-3,9-10H2,1H3. The highest BCUT2D eigenvalue weighted by Gasteiger charge is 2.09. The van der Waals surface area contributed by atoms with Crippen LogP contribution >= 0.6 is 11.6 Å². The van der Waals surface area contributed by atoms with E-state index < -0.39 is 0 Å². The molecule has 0 amide bonds. The molecule has 0 bridgehead atoms. The Bertz CT molecular complexity index is 505. The van der Waals surface area contributed by atoms with Gasteiger partial charge in [-0.25, -0.2) is 0 Å². The number of halogens is 1. The summed E-state index contributed by atoms with van der Waals surface area (Å²) in [5, 5.41) is 14.4. The summed E-state index contributed by atoms with van der Waals surface area (Å²) in [5.74, 6) is 0. The average molecular weight is 265 g/mol. The van der Waals surface area contributed by atoms with Gasteiger partial charge in [0.15, 0.2) is 0 Å². The lowest BCUT2D eigenvalue weighted by Gasteiger charge is -2.08. The summed E-state index contributed by atoms with van der Waals surface area (Å²) in [7, 11) is 0. The van der Waals surface area contributed by atoms with Gasteiger partial charge in [0, 0.05) is 16.3 Å². The van der Waals surface area contributed by atoms with Crippen LogP contribution in [0.15, 0.2) is 30.5 Å². The maximum absolute atomic E-state index is 9.29. The molecule has 96 valence electrons. The van der Waals surface area contributed by atoms with Crippen molar-refractivity contribution in [1.82, 2.24) is 9.78 Å². The highest BCUT2D eigenvalue weighted by molar-refractivity contribution is 6.30. The molecule has 1 aromatic carbocycles. The number of benzene rings is 1. The lowest BCUT2D eigenvalue weighted by Crippen LogP contribution is -2.07. The molecule has 0 spiro atoms.